The van der Waals surface area contributed by atoms with Gasteiger partial charge in [-0.2, -0.15) is 0 Å². The Labute approximate surface area is 135 Å². The molecule has 0 atom stereocenters. The van der Waals surface area contributed by atoms with E-state index in [9.17, 15) is 9.59 Å². The molecule has 0 saturated carbocycles. The predicted molar refractivity (Wildman–Crippen MR) is 81.8 cm³/mol. The van der Waals surface area contributed by atoms with Gasteiger partial charge < -0.3 is 23.9 Å². The Morgan fingerprint density at radius 1 is 1.35 bits per heavy atom. The molecule has 23 heavy (non-hydrogen) atoms. The Balaban J connectivity index is 1.93. The highest BCUT2D eigenvalue weighted by Crippen LogP contribution is 2.21. The summed E-state index contributed by atoms with van der Waals surface area (Å²) < 4.78 is 16.0. The van der Waals surface area contributed by atoms with Crippen molar-refractivity contribution < 1.29 is 28.6 Å². The summed E-state index contributed by atoms with van der Waals surface area (Å²) in [5.74, 6) is -0.908. The zero-order chi connectivity index (χ0) is 16.8. The van der Waals surface area contributed by atoms with Crippen LogP contribution < -0.4 is 0 Å². The van der Waals surface area contributed by atoms with E-state index in [0.29, 0.717) is 38.5 Å². The minimum absolute atomic E-state index is 0.0636. The number of furan rings is 1. The van der Waals surface area contributed by atoms with Crippen LogP contribution in [0.1, 0.15) is 46.4 Å². The van der Waals surface area contributed by atoms with Crippen molar-refractivity contribution in [3.05, 3.63) is 23.2 Å². The SMILES string of the molecule is CCc1oc(C(=O)N2CCC(OCCOC)CC2)cc1C(=O)O. The van der Waals surface area contributed by atoms with Crippen molar-refractivity contribution in [3.63, 3.8) is 0 Å². The molecule has 1 N–H and O–H groups in total. The molecule has 1 aliphatic heterocycles. The van der Waals surface area contributed by atoms with Gasteiger partial charge in [0.2, 0.25) is 0 Å². The van der Waals surface area contributed by atoms with E-state index in [2.05, 4.69) is 0 Å². The van der Waals surface area contributed by atoms with E-state index in [-0.39, 0.29) is 23.3 Å². The van der Waals surface area contributed by atoms with Crippen molar-refractivity contribution in [2.45, 2.75) is 32.3 Å². The molecule has 2 heterocycles. The third kappa shape index (κ3) is 4.33. The van der Waals surface area contributed by atoms with Gasteiger partial charge >= 0.3 is 5.97 Å². The maximum Gasteiger partial charge on any atom is 0.339 e. The molecule has 0 bridgehead atoms. The summed E-state index contributed by atoms with van der Waals surface area (Å²) in [4.78, 5) is 25.3. The fourth-order valence-corrected chi connectivity index (χ4v) is 2.66. The third-order valence-electron chi connectivity index (χ3n) is 3.94. The number of piperidine rings is 1. The summed E-state index contributed by atoms with van der Waals surface area (Å²) in [6, 6.07) is 1.32. The van der Waals surface area contributed by atoms with Crippen molar-refractivity contribution in [2.24, 2.45) is 0 Å². The van der Waals surface area contributed by atoms with Crippen LogP contribution in [-0.4, -0.2) is 61.4 Å². The van der Waals surface area contributed by atoms with Gasteiger partial charge in [-0.3, -0.25) is 4.79 Å². The molecule has 1 aliphatic rings. The van der Waals surface area contributed by atoms with E-state index in [1.54, 1.807) is 18.9 Å². The van der Waals surface area contributed by atoms with Crippen molar-refractivity contribution in [1.82, 2.24) is 4.90 Å². The minimum atomic E-state index is -1.07. The first kappa shape index (κ1) is 17.5. The lowest BCUT2D eigenvalue weighted by Gasteiger charge is -2.31. The summed E-state index contributed by atoms with van der Waals surface area (Å²) in [5.41, 5.74) is 0.0636. The standard InChI is InChI=1S/C16H23NO6/c1-3-13-12(16(19)20)10-14(23-13)15(18)17-6-4-11(5-7-17)22-9-8-21-2/h10-11H,3-9H2,1-2H3,(H,19,20). The van der Waals surface area contributed by atoms with Gasteiger partial charge in [-0.15, -0.1) is 0 Å². The summed E-state index contributed by atoms with van der Waals surface area (Å²) in [5, 5.41) is 9.13. The molecule has 0 aliphatic carbocycles. The van der Waals surface area contributed by atoms with E-state index in [0.717, 1.165) is 12.8 Å². The van der Waals surface area contributed by atoms with Crippen molar-refractivity contribution in [2.75, 3.05) is 33.4 Å². The minimum Gasteiger partial charge on any atom is -0.478 e. The molecule has 0 aromatic carbocycles. The number of rotatable bonds is 7. The van der Waals surface area contributed by atoms with Crippen LogP contribution in [0.5, 0.6) is 0 Å². The molecule has 1 fully saturated rings. The number of carbonyl (C=O) groups excluding carboxylic acids is 1. The normalized spacial score (nSPS) is 15.8. The fraction of sp³-hybridized carbons (Fsp3) is 0.625. The molecule has 7 heteroatoms. The molecular formula is C16H23NO6. The van der Waals surface area contributed by atoms with Gasteiger partial charge in [-0.05, 0) is 12.8 Å². The van der Waals surface area contributed by atoms with Gasteiger partial charge in [0.25, 0.3) is 5.91 Å². The van der Waals surface area contributed by atoms with E-state index in [1.165, 1.54) is 6.07 Å². The van der Waals surface area contributed by atoms with Gasteiger partial charge in [0.15, 0.2) is 5.76 Å². The maximum absolute atomic E-state index is 12.4. The number of nitrogens with zero attached hydrogens (tertiary/aromatic N) is 1. The first-order valence-electron chi connectivity index (χ1n) is 7.82. The highest BCUT2D eigenvalue weighted by Gasteiger charge is 2.27. The van der Waals surface area contributed by atoms with Gasteiger partial charge in [-0.25, -0.2) is 4.79 Å². The lowest BCUT2D eigenvalue weighted by molar-refractivity contribution is -0.0127. The zero-order valence-electron chi connectivity index (χ0n) is 13.5. The lowest BCUT2D eigenvalue weighted by Crippen LogP contribution is -2.41. The van der Waals surface area contributed by atoms with Gasteiger partial charge in [0.05, 0.1) is 19.3 Å². The van der Waals surface area contributed by atoms with Crippen LogP contribution >= 0.6 is 0 Å². The van der Waals surface area contributed by atoms with Gasteiger partial charge in [0.1, 0.15) is 11.3 Å². The molecule has 128 valence electrons. The average molecular weight is 325 g/mol. The van der Waals surface area contributed by atoms with Crippen LogP contribution in [0.4, 0.5) is 0 Å². The number of likely N-dealkylation sites (tertiary alicyclic amines) is 1. The van der Waals surface area contributed by atoms with Crippen LogP contribution in [0.15, 0.2) is 10.5 Å². The number of methoxy groups -OCH3 is 1. The molecular weight excluding hydrogens is 302 g/mol. The number of amides is 1. The first-order chi connectivity index (χ1) is 11.1. The van der Waals surface area contributed by atoms with Crippen LogP contribution in [0, 0.1) is 0 Å². The Morgan fingerprint density at radius 2 is 2.04 bits per heavy atom. The van der Waals surface area contributed by atoms with Crippen molar-refractivity contribution in [1.29, 1.82) is 0 Å². The van der Waals surface area contributed by atoms with Crippen LogP contribution in [0.3, 0.4) is 0 Å². The molecule has 1 amide bonds. The maximum atomic E-state index is 12.4. The number of hydrogen-bond donors (Lipinski definition) is 1. The second-order valence-corrected chi connectivity index (χ2v) is 5.46. The third-order valence-corrected chi connectivity index (χ3v) is 3.94. The second kappa shape index (κ2) is 8.12. The van der Waals surface area contributed by atoms with E-state index in [1.807, 2.05) is 0 Å². The second-order valence-electron chi connectivity index (χ2n) is 5.46. The molecule has 0 radical (unpaired) electrons. The smallest absolute Gasteiger partial charge is 0.339 e. The van der Waals surface area contributed by atoms with Crippen LogP contribution in [0.25, 0.3) is 0 Å². The summed E-state index contributed by atoms with van der Waals surface area (Å²) in [6.07, 6.45) is 2.07. The van der Waals surface area contributed by atoms with E-state index in [4.69, 9.17) is 19.0 Å². The number of aromatic carboxylic acids is 1. The highest BCUT2D eigenvalue weighted by atomic mass is 16.5. The van der Waals surface area contributed by atoms with Gasteiger partial charge in [-0.1, -0.05) is 6.92 Å². The fourth-order valence-electron chi connectivity index (χ4n) is 2.66. The zero-order valence-corrected chi connectivity index (χ0v) is 13.5. The van der Waals surface area contributed by atoms with Crippen molar-refractivity contribution >= 4 is 11.9 Å². The molecule has 1 saturated heterocycles. The monoisotopic (exact) mass is 325 g/mol. The molecule has 1 aromatic rings. The van der Waals surface area contributed by atoms with Crippen LogP contribution in [-0.2, 0) is 15.9 Å². The molecule has 0 unspecified atom stereocenters. The number of carboxylic acid groups (broad SMARTS) is 1. The quantitative estimate of drug-likeness (QED) is 0.769. The van der Waals surface area contributed by atoms with Crippen LogP contribution in [0.2, 0.25) is 0 Å². The predicted octanol–water partition coefficient (Wildman–Crippen LogP) is 1.81. The summed E-state index contributed by atoms with van der Waals surface area (Å²) in [7, 11) is 1.63. The molecule has 7 nitrogen and oxygen atoms in total. The van der Waals surface area contributed by atoms with Crippen molar-refractivity contribution in [3.8, 4) is 0 Å². The topological polar surface area (TPSA) is 89.2 Å². The average Bonchev–Trinajstić information content (AvgIpc) is 3.00. The highest BCUT2D eigenvalue weighted by molar-refractivity contribution is 5.96. The lowest BCUT2D eigenvalue weighted by atomic mass is 10.1. The number of hydrogen-bond acceptors (Lipinski definition) is 5. The summed E-state index contributed by atoms with van der Waals surface area (Å²) >= 11 is 0. The van der Waals surface area contributed by atoms with E-state index >= 15 is 0 Å². The van der Waals surface area contributed by atoms with Gasteiger partial charge in [0, 0.05) is 32.7 Å². The molecule has 2 rings (SSSR count). The number of aryl methyl sites for hydroxylation is 1. The Hall–Kier alpha value is -1.86. The van der Waals surface area contributed by atoms with E-state index < -0.39 is 5.97 Å². The summed E-state index contributed by atoms with van der Waals surface area (Å²) in [6.45, 7) is 4.04. The first-order valence-corrected chi connectivity index (χ1v) is 7.82. The number of carboxylic acids is 1. The number of ether oxygens (including phenoxy) is 2. The Morgan fingerprint density at radius 3 is 2.57 bits per heavy atom. The largest absolute Gasteiger partial charge is 0.478 e. The Bertz CT molecular complexity index is 545. The molecule has 0 spiro atoms. The number of carbonyl (C=O) groups is 2. The Kier molecular flexibility index (Phi) is 6.18. The molecule has 1 aromatic heterocycles.